The number of carbonyl (C=O) groups excluding carboxylic acids is 1. The zero-order chi connectivity index (χ0) is 18.5. The molecule has 1 saturated heterocycles. The number of aromatic nitrogens is 2. The molecule has 1 aliphatic heterocycles. The molecular formula is C20H24BrN3O2. The summed E-state index contributed by atoms with van der Waals surface area (Å²) >= 11 is 3.31. The van der Waals surface area contributed by atoms with Crippen molar-refractivity contribution >= 4 is 21.8 Å². The normalized spacial score (nSPS) is 17.4. The summed E-state index contributed by atoms with van der Waals surface area (Å²) in [6, 6.07) is 8.69. The SMILES string of the molecule is CC(C)c1ccc(CC(=O)N2CCCC(Oc3ncc(Br)cn3)C2)cc1. The summed E-state index contributed by atoms with van der Waals surface area (Å²) in [6.45, 7) is 5.71. The summed E-state index contributed by atoms with van der Waals surface area (Å²) < 4.78 is 6.66. The highest BCUT2D eigenvalue weighted by Gasteiger charge is 2.25. The number of nitrogens with zero attached hydrogens (tertiary/aromatic N) is 3. The third kappa shape index (κ3) is 5.04. The van der Waals surface area contributed by atoms with Crippen molar-refractivity contribution in [1.29, 1.82) is 0 Å². The number of likely N-dealkylation sites (tertiary alicyclic amines) is 1. The zero-order valence-electron chi connectivity index (χ0n) is 15.2. The Balaban J connectivity index is 1.56. The smallest absolute Gasteiger partial charge is 0.316 e. The number of amides is 1. The summed E-state index contributed by atoms with van der Waals surface area (Å²) in [5, 5.41) is 0. The molecule has 5 nitrogen and oxygen atoms in total. The fourth-order valence-corrected chi connectivity index (χ4v) is 3.28. The molecule has 0 spiro atoms. The fraction of sp³-hybridized carbons (Fsp3) is 0.450. The molecule has 0 N–H and O–H groups in total. The maximum Gasteiger partial charge on any atom is 0.316 e. The molecule has 138 valence electrons. The molecule has 3 rings (SSSR count). The molecule has 1 atom stereocenters. The molecule has 26 heavy (non-hydrogen) atoms. The first-order valence-electron chi connectivity index (χ1n) is 9.02. The molecule has 1 unspecified atom stereocenters. The molecule has 1 amide bonds. The van der Waals surface area contributed by atoms with Gasteiger partial charge < -0.3 is 9.64 Å². The van der Waals surface area contributed by atoms with Crippen LogP contribution in [0.1, 0.15) is 43.7 Å². The largest absolute Gasteiger partial charge is 0.458 e. The molecule has 6 heteroatoms. The number of carbonyl (C=O) groups is 1. The van der Waals surface area contributed by atoms with E-state index in [1.54, 1.807) is 12.4 Å². The maximum absolute atomic E-state index is 12.7. The molecule has 0 saturated carbocycles. The van der Waals surface area contributed by atoms with Gasteiger partial charge in [-0.2, -0.15) is 0 Å². The van der Waals surface area contributed by atoms with Crippen molar-refractivity contribution in [2.75, 3.05) is 13.1 Å². The predicted molar refractivity (Wildman–Crippen MR) is 104 cm³/mol. The van der Waals surface area contributed by atoms with Gasteiger partial charge in [-0.05, 0) is 45.8 Å². The standard InChI is InChI=1S/C20H24BrN3O2/c1-14(2)16-7-5-15(6-8-16)10-19(25)24-9-3-4-18(13-24)26-20-22-11-17(21)12-23-20/h5-8,11-12,14,18H,3-4,9-10,13H2,1-2H3. The van der Waals surface area contributed by atoms with Crippen molar-refractivity contribution in [3.05, 3.63) is 52.3 Å². The van der Waals surface area contributed by atoms with Crippen LogP contribution in [-0.2, 0) is 11.2 Å². The minimum atomic E-state index is -0.0582. The summed E-state index contributed by atoms with van der Waals surface area (Å²) in [6.07, 6.45) is 5.53. The number of ether oxygens (including phenoxy) is 1. The average Bonchev–Trinajstić information content (AvgIpc) is 2.64. The van der Waals surface area contributed by atoms with E-state index < -0.39 is 0 Å². The lowest BCUT2D eigenvalue weighted by molar-refractivity contribution is -0.133. The monoisotopic (exact) mass is 417 g/mol. The van der Waals surface area contributed by atoms with E-state index >= 15 is 0 Å². The van der Waals surface area contributed by atoms with Crippen molar-refractivity contribution in [2.45, 2.75) is 45.1 Å². The molecule has 1 aromatic heterocycles. The van der Waals surface area contributed by atoms with E-state index in [1.165, 1.54) is 5.56 Å². The quantitative estimate of drug-likeness (QED) is 0.737. The van der Waals surface area contributed by atoms with Gasteiger partial charge in [0.1, 0.15) is 6.10 Å². The van der Waals surface area contributed by atoms with Crippen molar-refractivity contribution in [3.8, 4) is 6.01 Å². The molecule has 0 radical (unpaired) electrons. The van der Waals surface area contributed by atoms with Crippen LogP contribution in [0.5, 0.6) is 6.01 Å². The highest BCUT2D eigenvalue weighted by molar-refractivity contribution is 9.10. The van der Waals surface area contributed by atoms with Gasteiger partial charge >= 0.3 is 6.01 Å². The van der Waals surface area contributed by atoms with Crippen molar-refractivity contribution in [1.82, 2.24) is 14.9 Å². The summed E-state index contributed by atoms with van der Waals surface area (Å²) in [5.41, 5.74) is 2.35. The lowest BCUT2D eigenvalue weighted by atomic mass is 10.0. The number of hydrogen-bond acceptors (Lipinski definition) is 4. The van der Waals surface area contributed by atoms with Crippen LogP contribution in [0, 0.1) is 0 Å². The van der Waals surface area contributed by atoms with Gasteiger partial charge in [0.2, 0.25) is 5.91 Å². The molecule has 0 bridgehead atoms. The van der Waals surface area contributed by atoms with E-state index in [0.29, 0.717) is 24.9 Å². The first-order valence-corrected chi connectivity index (χ1v) is 9.81. The van der Waals surface area contributed by atoms with E-state index in [-0.39, 0.29) is 12.0 Å². The van der Waals surface area contributed by atoms with Crippen LogP contribution in [0.4, 0.5) is 0 Å². The van der Waals surface area contributed by atoms with Crippen molar-refractivity contribution < 1.29 is 9.53 Å². The Hall–Kier alpha value is -1.95. The number of benzene rings is 1. The third-order valence-corrected chi connectivity index (χ3v) is 5.01. The molecular weight excluding hydrogens is 394 g/mol. The minimum absolute atomic E-state index is 0.0582. The van der Waals surface area contributed by atoms with E-state index in [2.05, 4.69) is 64.0 Å². The van der Waals surface area contributed by atoms with Gasteiger partial charge in [-0.1, -0.05) is 38.1 Å². The summed E-state index contributed by atoms with van der Waals surface area (Å²) in [7, 11) is 0. The highest BCUT2D eigenvalue weighted by atomic mass is 79.9. The Morgan fingerprint density at radius 1 is 1.27 bits per heavy atom. The van der Waals surface area contributed by atoms with Crippen LogP contribution >= 0.6 is 15.9 Å². The second kappa shape index (κ2) is 8.62. The predicted octanol–water partition coefficient (Wildman–Crippen LogP) is 3.98. The van der Waals surface area contributed by atoms with Crippen LogP contribution in [0.3, 0.4) is 0 Å². The van der Waals surface area contributed by atoms with E-state index in [9.17, 15) is 4.79 Å². The molecule has 2 heterocycles. The second-order valence-electron chi connectivity index (χ2n) is 6.98. The first kappa shape index (κ1) is 18.8. The lowest BCUT2D eigenvalue weighted by Crippen LogP contribution is -2.45. The average molecular weight is 418 g/mol. The van der Waals surface area contributed by atoms with Crippen LogP contribution in [0.25, 0.3) is 0 Å². The third-order valence-electron chi connectivity index (χ3n) is 4.60. The summed E-state index contributed by atoms with van der Waals surface area (Å²) in [5.74, 6) is 0.646. The van der Waals surface area contributed by atoms with Crippen LogP contribution in [-0.4, -0.2) is 40.0 Å². The first-order chi connectivity index (χ1) is 12.5. The van der Waals surface area contributed by atoms with Gasteiger partial charge in [-0.3, -0.25) is 4.79 Å². The zero-order valence-corrected chi connectivity index (χ0v) is 16.8. The van der Waals surface area contributed by atoms with Gasteiger partial charge in [-0.25, -0.2) is 9.97 Å². The van der Waals surface area contributed by atoms with E-state index in [1.807, 2.05) is 4.90 Å². The van der Waals surface area contributed by atoms with Gasteiger partial charge in [0, 0.05) is 18.9 Å². The number of hydrogen-bond donors (Lipinski definition) is 0. The fourth-order valence-electron chi connectivity index (χ4n) is 3.08. The molecule has 0 aliphatic carbocycles. The van der Waals surface area contributed by atoms with E-state index in [0.717, 1.165) is 29.4 Å². The second-order valence-corrected chi connectivity index (χ2v) is 7.89. The molecule has 1 aliphatic rings. The number of piperidine rings is 1. The van der Waals surface area contributed by atoms with Gasteiger partial charge in [0.05, 0.1) is 17.4 Å². The number of rotatable bonds is 5. The Labute approximate surface area is 162 Å². The maximum atomic E-state index is 12.7. The van der Waals surface area contributed by atoms with Crippen LogP contribution in [0.15, 0.2) is 41.1 Å². The topological polar surface area (TPSA) is 55.3 Å². The van der Waals surface area contributed by atoms with Gasteiger partial charge in [0.15, 0.2) is 0 Å². The Kier molecular flexibility index (Phi) is 6.25. The molecule has 2 aromatic rings. The van der Waals surface area contributed by atoms with Gasteiger partial charge in [0.25, 0.3) is 0 Å². The Morgan fingerprint density at radius 3 is 2.62 bits per heavy atom. The van der Waals surface area contributed by atoms with Crippen LogP contribution in [0.2, 0.25) is 0 Å². The lowest BCUT2D eigenvalue weighted by Gasteiger charge is -2.32. The van der Waals surface area contributed by atoms with Crippen molar-refractivity contribution in [3.63, 3.8) is 0 Å². The Bertz CT molecular complexity index is 732. The Morgan fingerprint density at radius 2 is 1.96 bits per heavy atom. The van der Waals surface area contributed by atoms with Crippen LogP contribution < -0.4 is 4.74 Å². The highest BCUT2D eigenvalue weighted by Crippen LogP contribution is 2.19. The molecule has 1 aromatic carbocycles. The van der Waals surface area contributed by atoms with Gasteiger partial charge in [-0.15, -0.1) is 0 Å². The summed E-state index contributed by atoms with van der Waals surface area (Å²) in [4.78, 5) is 22.9. The minimum Gasteiger partial charge on any atom is -0.458 e. The molecule has 1 fully saturated rings. The van der Waals surface area contributed by atoms with Crippen molar-refractivity contribution in [2.24, 2.45) is 0 Å². The van der Waals surface area contributed by atoms with E-state index in [4.69, 9.17) is 4.74 Å². The number of halogens is 1.